The predicted molar refractivity (Wildman–Crippen MR) is 114 cm³/mol. The minimum absolute atomic E-state index is 0.0794. The van der Waals surface area contributed by atoms with Crippen LogP contribution in [-0.2, 0) is 22.1 Å². The van der Waals surface area contributed by atoms with E-state index < -0.39 is 10.8 Å². The summed E-state index contributed by atoms with van der Waals surface area (Å²) >= 11 is 7.08. The van der Waals surface area contributed by atoms with E-state index >= 15 is 0 Å². The van der Waals surface area contributed by atoms with Gasteiger partial charge < -0.3 is 14.8 Å². The van der Waals surface area contributed by atoms with Gasteiger partial charge in [0.25, 0.3) is 5.91 Å². The summed E-state index contributed by atoms with van der Waals surface area (Å²) in [4.78, 5) is 30.7. The second-order valence-corrected chi connectivity index (χ2v) is 9.70. The molecular weight excluding hydrogens is 432 g/mol. The number of imidazole rings is 1. The van der Waals surface area contributed by atoms with Gasteiger partial charge in [-0.15, -0.1) is 11.3 Å². The molecule has 7 nitrogen and oxygen atoms in total. The van der Waals surface area contributed by atoms with Gasteiger partial charge in [-0.2, -0.15) is 0 Å². The zero-order valence-electron chi connectivity index (χ0n) is 15.2. The van der Waals surface area contributed by atoms with Crippen molar-refractivity contribution in [1.82, 2.24) is 14.9 Å². The molecule has 0 spiro atoms. The fraction of sp³-hybridized carbons (Fsp3) is 0.211. The summed E-state index contributed by atoms with van der Waals surface area (Å²) in [7, 11) is -1.05. The molecule has 0 bridgehead atoms. The topological polar surface area (TPSA) is 84.3 Å². The highest BCUT2D eigenvalue weighted by atomic mass is 35.5. The van der Waals surface area contributed by atoms with Crippen molar-refractivity contribution in [2.75, 3.05) is 23.0 Å². The van der Waals surface area contributed by atoms with Crippen LogP contribution in [0.25, 0.3) is 5.69 Å². The molecule has 1 atom stereocenters. The summed E-state index contributed by atoms with van der Waals surface area (Å²) in [6, 6.07) is 10.9. The van der Waals surface area contributed by atoms with Crippen LogP contribution in [-0.4, -0.2) is 43.6 Å². The smallest absolute Gasteiger partial charge is 0.261 e. The van der Waals surface area contributed by atoms with E-state index in [0.29, 0.717) is 28.1 Å². The first-order valence-corrected chi connectivity index (χ1v) is 11.5. The molecular formula is C19H17ClN4O3S2. The van der Waals surface area contributed by atoms with E-state index in [4.69, 9.17) is 11.6 Å². The first-order valence-electron chi connectivity index (χ1n) is 8.82. The first-order chi connectivity index (χ1) is 14.0. The lowest BCUT2D eigenvalue weighted by Crippen LogP contribution is -2.42. The number of thiophene rings is 1. The molecule has 0 saturated carbocycles. The van der Waals surface area contributed by atoms with Gasteiger partial charge in [-0.1, -0.05) is 11.6 Å². The third-order valence-electron chi connectivity index (χ3n) is 4.45. The Balaban J connectivity index is 1.39. The number of benzene rings is 1. The van der Waals surface area contributed by atoms with Gasteiger partial charge in [0, 0.05) is 40.7 Å². The number of hydrogen-bond donors (Lipinski definition) is 1. The van der Waals surface area contributed by atoms with Crippen molar-refractivity contribution in [3.63, 3.8) is 0 Å². The summed E-state index contributed by atoms with van der Waals surface area (Å²) in [6.45, 7) is 0.772. The number of halogens is 1. The summed E-state index contributed by atoms with van der Waals surface area (Å²) in [6.07, 6.45) is 3.51. The van der Waals surface area contributed by atoms with E-state index in [0.717, 1.165) is 17.1 Å². The van der Waals surface area contributed by atoms with Gasteiger partial charge in [-0.3, -0.25) is 13.8 Å². The second-order valence-electron chi connectivity index (χ2n) is 6.41. The molecule has 0 radical (unpaired) electrons. The van der Waals surface area contributed by atoms with Crippen molar-refractivity contribution in [2.45, 2.75) is 6.54 Å². The van der Waals surface area contributed by atoms with Crippen LogP contribution < -0.4 is 10.2 Å². The van der Waals surface area contributed by atoms with E-state index in [1.807, 2.05) is 35.0 Å². The maximum atomic E-state index is 12.1. The van der Waals surface area contributed by atoms with Gasteiger partial charge in [0.2, 0.25) is 5.91 Å². The van der Waals surface area contributed by atoms with Gasteiger partial charge in [0.1, 0.15) is 5.75 Å². The van der Waals surface area contributed by atoms with Crippen LogP contribution in [0.3, 0.4) is 0 Å². The fourth-order valence-corrected chi connectivity index (χ4v) is 4.90. The zero-order chi connectivity index (χ0) is 20.4. The maximum Gasteiger partial charge on any atom is 0.261 e. The summed E-state index contributed by atoms with van der Waals surface area (Å²) in [5.41, 5.74) is 2.40. The largest absolute Gasteiger partial charge is 0.346 e. The number of nitrogens with zero attached hydrogens (tertiary/aromatic N) is 3. The van der Waals surface area contributed by atoms with Crippen LogP contribution in [0.1, 0.15) is 15.4 Å². The van der Waals surface area contributed by atoms with E-state index in [9.17, 15) is 13.8 Å². The summed E-state index contributed by atoms with van der Waals surface area (Å²) in [5.74, 6) is 0.278. The minimum atomic E-state index is -1.05. The first kappa shape index (κ1) is 19.8. The molecule has 3 aromatic rings. The molecule has 150 valence electrons. The Morgan fingerprint density at radius 1 is 1.21 bits per heavy atom. The SMILES string of the molecule is O=C(NCc1cn(-c2ccc(N3CCS(=O)CC3=O)cc2)cn1)c1ccc(Cl)s1. The third kappa shape index (κ3) is 4.58. The molecule has 1 N–H and O–H groups in total. The molecule has 1 aromatic carbocycles. The number of hydrogen-bond acceptors (Lipinski definition) is 5. The Morgan fingerprint density at radius 2 is 1.97 bits per heavy atom. The summed E-state index contributed by atoms with van der Waals surface area (Å²) in [5, 5.41) is 2.82. The molecule has 2 aromatic heterocycles. The van der Waals surface area contributed by atoms with E-state index in [1.165, 1.54) is 11.3 Å². The Labute approximate surface area is 178 Å². The molecule has 1 fully saturated rings. The molecule has 29 heavy (non-hydrogen) atoms. The lowest BCUT2D eigenvalue weighted by atomic mass is 10.2. The minimum Gasteiger partial charge on any atom is -0.346 e. The number of nitrogens with one attached hydrogen (secondary N) is 1. The predicted octanol–water partition coefficient (Wildman–Crippen LogP) is 2.61. The number of amides is 2. The normalized spacial score (nSPS) is 16.8. The number of anilines is 1. The Hall–Kier alpha value is -2.49. The molecule has 1 unspecified atom stereocenters. The standard InChI is InChI=1S/C19H17ClN4O3S2/c20-17-6-5-16(28-17)19(26)21-9-13-10-23(12-22-13)14-1-3-15(4-2-14)24-7-8-29(27)11-18(24)25/h1-6,10,12H,7-9,11H2,(H,21,26). The number of carbonyl (C=O) groups is 2. The van der Waals surface area contributed by atoms with E-state index in [1.54, 1.807) is 23.4 Å². The number of carbonyl (C=O) groups excluding carboxylic acids is 2. The lowest BCUT2D eigenvalue weighted by Gasteiger charge is -2.26. The Kier molecular flexibility index (Phi) is 5.79. The van der Waals surface area contributed by atoms with Crippen molar-refractivity contribution >= 4 is 51.2 Å². The number of aromatic nitrogens is 2. The van der Waals surface area contributed by atoms with Crippen LogP contribution in [0.15, 0.2) is 48.9 Å². The average Bonchev–Trinajstić information content (AvgIpc) is 3.36. The third-order valence-corrected chi connectivity index (χ3v) is 6.89. The van der Waals surface area contributed by atoms with Crippen LogP contribution in [0, 0.1) is 0 Å². The van der Waals surface area contributed by atoms with Gasteiger partial charge in [-0.05, 0) is 36.4 Å². The highest BCUT2D eigenvalue weighted by Gasteiger charge is 2.24. The van der Waals surface area contributed by atoms with Crippen LogP contribution in [0.4, 0.5) is 5.69 Å². The van der Waals surface area contributed by atoms with E-state index in [2.05, 4.69) is 10.3 Å². The van der Waals surface area contributed by atoms with Crippen molar-refractivity contribution in [2.24, 2.45) is 0 Å². The molecule has 4 rings (SSSR count). The zero-order valence-corrected chi connectivity index (χ0v) is 17.6. The summed E-state index contributed by atoms with van der Waals surface area (Å²) < 4.78 is 13.9. The highest BCUT2D eigenvalue weighted by Crippen LogP contribution is 2.22. The van der Waals surface area contributed by atoms with Gasteiger partial charge in [-0.25, -0.2) is 4.98 Å². The van der Waals surface area contributed by atoms with Crippen molar-refractivity contribution < 1.29 is 13.8 Å². The lowest BCUT2D eigenvalue weighted by molar-refractivity contribution is -0.116. The highest BCUT2D eigenvalue weighted by molar-refractivity contribution is 7.85. The Bertz CT molecular complexity index is 1080. The molecule has 2 amide bonds. The van der Waals surface area contributed by atoms with Gasteiger partial charge >= 0.3 is 0 Å². The van der Waals surface area contributed by atoms with Gasteiger partial charge in [0.05, 0.1) is 27.8 Å². The van der Waals surface area contributed by atoms with E-state index in [-0.39, 0.29) is 17.6 Å². The maximum absolute atomic E-state index is 12.1. The molecule has 0 aliphatic carbocycles. The molecule has 1 aliphatic rings. The van der Waals surface area contributed by atoms with Crippen molar-refractivity contribution in [3.05, 3.63) is 63.8 Å². The Morgan fingerprint density at radius 3 is 2.66 bits per heavy atom. The average molecular weight is 449 g/mol. The van der Waals surface area contributed by atoms with Crippen molar-refractivity contribution in [3.8, 4) is 5.69 Å². The molecule has 1 aliphatic heterocycles. The molecule has 1 saturated heterocycles. The quantitative estimate of drug-likeness (QED) is 0.650. The monoisotopic (exact) mass is 448 g/mol. The van der Waals surface area contributed by atoms with Crippen molar-refractivity contribution in [1.29, 1.82) is 0 Å². The fourth-order valence-electron chi connectivity index (χ4n) is 2.97. The van der Waals surface area contributed by atoms with Crippen LogP contribution >= 0.6 is 22.9 Å². The number of rotatable bonds is 5. The van der Waals surface area contributed by atoms with Crippen LogP contribution in [0.5, 0.6) is 0 Å². The van der Waals surface area contributed by atoms with Crippen LogP contribution in [0.2, 0.25) is 4.34 Å². The second kappa shape index (κ2) is 8.48. The van der Waals surface area contributed by atoms with Gasteiger partial charge in [0.15, 0.2) is 0 Å². The molecule has 3 heterocycles. The molecule has 10 heteroatoms.